The summed E-state index contributed by atoms with van der Waals surface area (Å²) in [6.07, 6.45) is 3.49. The number of nitrogens with zero attached hydrogens (tertiary/aromatic N) is 2. The maximum absolute atomic E-state index is 6.28. The highest BCUT2D eigenvalue weighted by atomic mass is 35.5. The van der Waals surface area contributed by atoms with E-state index in [1.807, 2.05) is 24.3 Å². The first-order chi connectivity index (χ1) is 8.79. The Morgan fingerprint density at radius 2 is 2.17 bits per heavy atom. The van der Waals surface area contributed by atoms with E-state index in [9.17, 15) is 0 Å². The average Bonchev–Trinajstić information content (AvgIpc) is 2.93. The third-order valence-electron chi connectivity index (χ3n) is 2.80. The van der Waals surface area contributed by atoms with E-state index < -0.39 is 0 Å². The van der Waals surface area contributed by atoms with Gasteiger partial charge < -0.3 is 4.74 Å². The number of fused-ring (bicyclic) bond motifs is 1. The highest BCUT2D eigenvalue weighted by Gasteiger charge is 2.08. The molecule has 1 aromatic carbocycles. The molecule has 0 aliphatic carbocycles. The van der Waals surface area contributed by atoms with Crippen LogP contribution in [0.3, 0.4) is 0 Å². The molecule has 5 heteroatoms. The first-order valence-corrected chi connectivity index (χ1v) is 5.79. The minimum Gasteiger partial charge on any atom is -0.495 e. The molecule has 1 N–H and O–H groups in total. The summed E-state index contributed by atoms with van der Waals surface area (Å²) in [5.41, 5.74) is 2.68. The number of rotatable bonds is 2. The van der Waals surface area contributed by atoms with Gasteiger partial charge in [-0.2, -0.15) is 5.10 Å². The summed E-state index contributed by atoms with van der Waals surface area (Å²) in [6.45, 7) is 0. The van der Waals surface area contributed by atoms with E-state index in [2.05, 4.69) is 15.2 Å². The zero-order chi connectivity index (χ0) is 12.5. The lowest BCUT2D eigenvalue weighted by atomic mass is 10.1. The molecule has 0 bridgehead atoms. The monoisotopic (exact) mass is 259 g/mol. The van der Waals surface area contributed by atoms with Gasteiger partial charge in [-0.15, -0.1) is 0 Å². The molecule has 0 aliphatic heterocycles. The van der Waals surface area contributed by atoms with Crippen LogP contribution in [0.5, 0.6) is 5.75 Å². The van der Waals surface area contributed by atoms with Gasteiger partial charge in [-0.3, -0.25) is 10.1 Å². The Hall–Kier alpha value is -2.07. The molecule has 90 valence electrons. The summed E-state index contributed by atoms with van der Waals surface area (Å²) in [7, 11) is 1.60. The average molecular weight is 260 g/mol. The molecule has 3 rings (SSSR count). The smallest absolute Gasteiger partial charge is 0.138 e. The second kappa shape index (κ2) is 4.31. The summed E-state index contributed by atoms with van der Waals surface area (Å²) >= 11 is 6.28. The van der Waals surface area contributed by atoms with Crippen molar-refractivity contribution in [3.05, 3.63) is 41.7 Å². The van der Waals surface area contributed by atoms with Crippen molar-refractivity contribution in [3.8, 4) is 17.0 Å². The third kappa shape index (κ3) is 1.71. The Balaban J connectivity index is 2.24. The van der Waals surface area contributed by atoms with Crippen LogP contribution in [0.4, 0.5) is 0 Å². The fourth-order valence-electron chi connectivity index (χ4n) is 1.87. The van der Waals surface area contributed by atoms with Crippen LogP contribution in [0.15, 0.2) is 36.7 Å². The van der Waals surface area contributed by atoms with Crippen molar-refractivity contribution in [2.45, 2.75) is 0 Å². The first-order valence-electron chi connectivity index (χ1n) is 5.41. The maximum Gasteiger partial charge on any atom is 0.138 e. The van der Waals surface area contributed by atoms with Crippen LogP contribution in [0, 0.1) is 0 Å². The molecule has 3 aromatic rings. The van der Waals surface area contributed by atoms with E-state index in [0.717, 1.165) is 22.2 Å². The van der Waals surface area contributed by atoms with Crippen molar-refractivity contribution in [3.63, 3.8) is 0 Å². The molecule has 2 aromatic heterocycles. The largest absolute Gasteiger partial charge is 0.495 e. The quantitative estimate of drug-likeness (QED) is 0.768. The predicted molar refractivity (Wildman–Crippen MR) is 70.9 cm³/mol. The molecule has 4 nitrogen and oxygen atoms in total. The molecule has 0 radical (unpaired) electrons. The van der Waals surface area contributed by atoms with Crippen molar-refractivity contribution in [1.82, 2.24) is 15.2 Å². The van der Waals surface area contributed by atoms with E-state index in [4.69, 9.17) is 16.3 Å². The van der Waals surface area contributed by atoms with E-state index in [1.165, 1.54) is 0 Å². The minimum atomic E-state index is 0.573. The molecule has 0 aliphatic rings. The van der Waals surface area contributed by atoms with Crippen molar-refractivity contribution in [2.24, 2.45) is 0 Å². The van der Waals surface area contributed by atoms with Gasteiger partial charge in [-0.25, -0.2) is 0 Å². The van der Waals surface area contributed by atoms with Gasteiger partial charge in [-0.1, -0.05) is 11.6 Å². The standard InChI is InChI=1S/C13H10ClN3O/c1-18-12-3-2-11-9(13(12)14)6-8(7-15-11)10-4-5-16-17-10/h2-7H,1H3,(H,16,17). The topological polar surface area (TPSA) is 50.8 Å². The number of nitrogens with one attached hydrogen (secondary N) is 1. The number of aromatic nitrogens is 3. The molecule has 0 fully saturated rings. The number of hydrogen-bond acceptors (Lipinski definition) is 3. The lowest BCUT2D eigenvalue weighted by molar-refractivity contribution is 0.415. The van der Waals surface area contributed by atoms with Crippen LogP contribution in [0.2, 0.25) is 5.02 Å². The lowest BCUT2D eigenvalue weighted by Gasteiger charge is -2.07. The number of H-pyrrole nitrogens is 1. The Bertz CT molecular complexity index is 695. The fraction of sp³-hybridized carbons (Fsp3) is 0.0769. The minimum absolute atomic E-state index is 0.573. The van der Waals surface area contributed by atoms with Gasteiger partial charge in [0.15, 0.2) is 0 Å². The summed E-state index contributed by atoms with van der Waals surface area (Å²) < 4.78 is 5.20. The predicted octanol–water partition coefficient (Wildman–Crippen LogP) is 3.29. The van der Waals surface area contributed by atoms with Crippen LogP contribution >= 0.6 is 11.6 Å². The molecule has 18 heavy (non-hydrogen) atoms. The summed E-state index contributed by atoms with van der Waals surface area (Å²) in [5, 5.41) is 8.26. The van der Waals surface area contributed by atoms with Crippen LogP contribution < -0.4 is 4.74 Å². The van der Waals surface area contributed by atoms with Gasteiger partial charge in [0.2, 0.25) is 0 Å². The number of hydrogen-bond donors (Lipinski definition) is 1. The summed E-state index contributed by atoms with van der Waals surface area (Å²) in [4.78, 5) is 4.39. The number of methoxy groups -OCH3 is 1. The van der Waals surface area contributed by atoms with Crippen molar-refractivity contribution in [2.75, 3.05) is 7.11 Å². The van der Waals surface area contributed by atoms with Crippen LogP contribution in [-0.2, 0) is 0 Å². The number of aromatic amines is 1. The first kappa shape index (κ1) is 11.0. The molecule has 0 unspecified atom stereocenters. The van der Waals surface area contributed by atoms with Gasteiger partial charge in [0.1, 0.15) is 5.75 Å². The summed E-state index contributed by atoms with van der Waals surface area (Å²) in [6, 6.07) is 7.56. The van der Waals surface area contributed by atoms with E-state index in [0.29, 0.717) is 10.8 Å². The Kier molecular flexibility index (Phi) is 2.64. The van der Waals surface area contributed by atoms with Gasteiger partial charge in [0.25, 0.3) is 0 Å². The summed E-state index contributed by atoms with van der Waals surface area (Å²) in [5.74, 6) is 0.646. The number of pyridine rings is 1. The Morgan fingerprint density at radius 1 is 1.28 bits per heavy atom. The third-order valence-corrected chi connectivity index (χ3v) is 3.19. The molecular weight excluding hydrogens is 250 g/mol. The number of halogens is 1. The van der Waals surface area contributed by atoms with E-state index in [1.54, 1.807) is 19.5 Å². The highest BCUT2D eigenvalue weighted by Crippen LogP contribution is 2.33. The van der Waals surface area contributed by atoms with Crippen molar-refractivity contribution < 1.29 is 4.74 Å². The van der Waals surface area contributed by atoms with Gasteiger partial charge in [-0.05, 0) is 24.3 Å². The van der Waals surface area contributed by atoms with Crippen LogP contribution in [0.25, 0.3) is 22.2 Å². The van der Waals surface area contributed by atoms with Crippen LogP contribution in [-0.4, -0.2) is 22.3 Å². The number of ether oxygens (including phenoxy) is 1. The second-order valence-corrected chi connectivity index (χ2v) is 4.22. The molecular formula is C13H10ClN3O. The van der Waals surface area contributed by atoms with Crippen molar-refractivity contribution in [1.29, 1.82) is 0 Å². The maximum atomic E-state index is 6.28. The zero-order valence-corrected chi connectivity index (χ0v) is 10.4. The zero-order valence-electron chi connectivity index (χ0n) is 9.64. The second-order valence-electron chi connectivity index (χ2n) is 3.84. The molecule has 0 saturated carbocycles. The molecule has 0 saturated heterocycles. The Labute approximate surface area is 109 Å². The van der Waals surface area contributed by atoms with E-state index >= 15 is 0 Å². The molecule has 2 heterocycles. The van der Waals surface area contributed by atoms with Crippen molar-refractivity contribution >= 4 is 22.5 Å². The molecule has 0 atom stereocenters. The highest BCUT2D eigenvalue weighted by molar-refractivity contribution is 6.37. The molecule has 0 amide bonds. The number of benzene rings is 1. The lowest BCUT2D eigenvalue weighted by Crippen LogP contribution is -1.88. The van der Waals surface area contributed by atoms with Gasteiger partial charge >= 0.3 is 0 Å². The van der Waals surface area contributed by atoms with Gasteiger partial charge in [0, 0.05) is 23.3 Å². The van der Waals surface area contributed by atoms with E-state index in [-0.39, 0.29) is 0 Å². The van der Waals surface area contributed by atoms with Crippen LogP contribution in [0.1, 0.15) is 0 Å². The fourth-order valence-corrected chi connectivity index (χ4v) is 2.16. The normalized spacial score (nSPS) is 10.8. The Morgan fingerprint density at radius 3 is 2.89 bits per heavy atom. The SMILES string of the molecule is COc1ccc2ncc(-c3ccn[nH]3)cc2c1Cl. The molecule has 0 spiro atoms. The van der Waals surface area contributed by atoms with Gasteiger partial charge in [0.05, 0.1) is 23.3 Å².